The van der Waals surface area contributed by atoms with Crippen molar-refractivity contribution >= 4 is 23.4 Å². The molecule has 2 aromatic heterocycles. The first kappa shape index (κ1) is 15.8. The van der Waals surface area contributed by atoms with Gasteiger partial charge in [-0.15, -0.1) is 10.2 Å². The molecule has 0 saturated heterocycles. The molecule has 1 unspecified atom stereocenters. The van der Waals surface area contributed by atoms with Crippen LogP contribution in [0.3, 0.4) is 0 Å². The van der Waals surface area contributed by atoms with Gasteiger partial charge in [-0.1, -0.05) is 24.8 Å². The van der Waals surface area contributed by atoms with Crippen LogP contribution >= 0.6 is 11.8 Å². The number of carbonyl (C=O) groups is 1. The molecule has 0 aliphatic heterocycles. The Hall–Kier alpha value is -1.60. The third-order valence-corrected chi connectivity index (χ3v) is 4.40. The van der Waals surface area contributed by atoms with E-state index in [0.29, 0.717) is 13.0 Å². The Bertz CT molecular complexity index is 616. The van der Waals surface area contributed by atoms with E-state index in [1.54, 1.807) is 18.7 Å². The Kier molecular flexibility index (Phi) is 5.19. The molecule has 6 nitrogen and oxygen atoms in total. The summed E-state index contributed by atoms with van der Waals surface area (Å²) in [5.41, 5.74) is -0.0367. The molecule has 0 fully saturated rings. The number of rotatable bonds is 8. The van der Waals surface area contributed by atoms with E-state index in [-0.39, 0.29) is 0 Å². The van der Waals surface area contributed by atoms with Gasteiger partial charge < -0.3 is 10.4 Å². The fourth-order valence-electron chi connectivity index (χ4n) is 2.17. The number of hydrogen-bond acceptors (Lipinski definition) is 5. The Balaban J connectivity index is 1.88. The summed E-state index contributed by atoms with van der Waals surface area (Å²) in [4.78, 5) is 11.3. The summed E-state index contributed by atoms with van der Waals surface area (Å²) < 4.78 is 1.94. The number of fused-ring (bicyclic) bond motifs is 1. The highest BCUT2D eigenvalue weighted by atomic mass is 32.2. The highest BCUT2D eigenvalue weighted by Crippen LogP contribution is 2.20. The number of nitrogens with one attached hydrogen (secondary N) is 1. The van der Waals surface area contributed by atoms with E-state index in [4.69, 9.17) is 0 Å². The highest BCUT2D eigenvalue weighted by Gasteiger charge is 2.31. The number of thioether (sulfide) groups is 1. The maximum absolute atomic E-state index is 11.3. The van der Waals surface area contributed by atoms with Crippen LogP contribution in [0, 0.1) is 0 Å². The van der Waals surface area contributed by atoms with Crippen LogP contribution < -0.4 is 5.32 Å². The fraction of sp³-hybridized carbons (Fsp3) is 0.500. The first-order chi connectivity index (χ1) is 10.1. The monoisotopic (exact) mass is 308 g/mol. The molecule has 0 radical (unpaired) electrons. The Morgan fingerprint density at radius 1 is 1.48 bits per heavy atom. The fourth-order valence-corrected chi connectivity index (χ4v) is 3.03. The maximum Gasteiger partial charge on any atom is 0.323 e. The van der Waals surface area contributed by atoms with Crippen molar-refractivity contribution < 1.29 is 9.90 Å². The van der Waals surface area contributed by atoms with Gasteiger partial charge in [-0.25, -0.2) is 0 Å². The summed E-state index contributed by atoms with van der Waals surface area (Å²) in [7, 11) is 0. The SMILES string of the molecule is CCNC(C)(CCCSc1nnc2ccccn12)C(=O)O. The summed E-state index contributed by atoms with van der Waals surface area (Å²) in [6.07, 6.45) is 3.31. The molecule has 2 heterocycles. The largest absolute Gasteiger partial charge is 0.480 e. The quantitative estimate of drug-likeness (QED) is 0.574. The molecule has 0 spiro atoms. The number of hydrogen-bond donors (Lipinski definition) is 2. The third kappa shape index (κ3) is 3.74. The molecule has 0 saturated carbocycles. The van der Waals surface area contributed by atoms with Crippen molar-refractivity contribution in [3.8, 4) is 0 Å². The number of carboxylic acids is 1. The predicted octanol–water partition coefficient (Wildman–Crippen LogP) is 2.05. The van der Waals surface area contributed by atoms with Gasteiger partial charge in [-0.3, -0.25) is 9.20 Å². The topological polar surface area (TPSA) is 79.5 Å². The standard InChI is InChI=1S/C14H20N4O2S/c1-3-15-14(2,12(19)20)8-6-10-21-13-17-16-11-7-4-5-9-18(11)13/h4-5,7,9,15H,3,6,8,10H2,1-2H3,(H,19,20). The van der Waals surface area contributed by atoms with Gasteiger partial charge >= 0.3 is 5.97 Å². The molecule has 0 aliphatic rings. The molecule has 2 aromatic rings. The van der Waals surface area contributed by atoms with Crippen LogP contribution in [0.5, 0.6) is 0 Å². The number of carboxylic acid groups (broad SMARTS) is 1. The maximum atomic E-state index is 11.3. The van der Waals surface area contributed by atoms with E-state index in [0.717, 1.165) is 23.0 Å². The van der Waals surface area contributed by atoms with Crippen LogP contribution in [0.15, 0.2) is 29.6 Å². The van der Waals surface area contributed by atoms with Crippen molar-refractivity contribution in [1.82, 2.24) is 19.9 Å². The molecule has 0 bridgehead atoms. The molecule has 2 N–H and O–H groups in total. The van der Waals surface area contributed by atoms with E-state index < -0.39 is 11.5 Å². The van der Waals surface area contributed by atoms with Gasteiger partial charge in [0.15, 0.2) is 10.8 Å². The van der Waals surface area contributed by atoms with Crippen LogP contribution in [0.25, 0.3) is 5.65 Å². The smallest absolute Gasteiger partial charge is 0.323 e. The van der Waals surface area contributed by atoms with Crippen LogP contribution in [0.4, 0.5) is 0 Å². The van der Waals surface area contributed by atoms with Crippen LogP contribution in [-0.2, 0) is 4.79 Å². The lowest BCUT2D eigenvalue weighted by Crippen LogP contribution is -2.49. The lowest BCUT2D eigenvalue weighted by atomic mass is 9.96. The summed E-state index contributed by atoms with van der Waals surface area (Å²) >= 11 is 1.60. The molecular weight excluding hydrogens is 288 g/mol. The normalized spacial score (nSPS) is 14.2. The van der Waals surface area contributed by atoms with E-state index in [9.17, 15) is 9.90 Å². The molecule has 0 aliphatic carbocycles. The lowest BCUT2D eigenvalue weighted by molar-refractivity contribution is -0.144. The second-order valence-electron chi connectivity index (χ2n) is 5.03. The summed E-state index contributed by atoms with van der Waals surface area (Å²) in [5.74, 6) is 0.00603. The number of pyridine rings is 1. The number of likely N-dealkylation sites (N-methyl/N-ethyl adjacent to an activating group) is 1. The molecule has 114 valence electrons. The van der Waals surface area contributed by atoms with Gasteiger partial charge in [0.25, 0.3) is 0 Å². The lowest BCUT2D eigenvalue weighted by Gasteiger charge is -2.25. The molecule has 2 rings (SSSR count). The van der Waals surface area contributed by atoms with Gasteiger partial charge in [-0.2, -0.15) is 0 Å². The van der Waals surface area contributed by atoms with Gasteiger partial charge in [0.2, 0.25) is 0 Å². The predicted molar refractivity (Wildman–Crippen MR) is 82.7 cm³/mol. The van der Waals surface area contributed by atoms with E-state index in [2.05, 4.69) is 15.5 Å². The Morgan fingerprint density at radius 2 is 2.29 bits per heavy atom. The average molecular weight is 308 g/mol. The van der Waals surface area contributed by atoms with Crippen molar-refractivity contribution in [2.45, 2.75) is 37.4 Å². The zero-order valence-electron chi connectivity index (χ0n) is 12.2. The van der Waals surface area contributed by atoms with Crippen molar-refractivity contribution in [1.29, 1.82) is 0 Å². The van der Waals surface area contributed by atoms with E-state index in [1.165, 1.54) is 0 Å². The van der Waals surface area contributed by atoms with Crippen molar-refractivity contribution in [2.24, 2.45) is 0 Å². The molecule has 21 heavy (non-hydrogen) atoms. The van der Waals surface area contributed by atoms with E-state index in [1.807, 2.05) is 35.7 Å². The molecule has 0 aromatic carbocycles. The molecule has 1 atom stereocenters. The number of nitrogens with zero attached hydrogens (tertiary/aromatic N) is 3. The van der Waals surface area contributed by atoms with Gasteiger partial charge in [0.1, 0.15) is 5.54 Å². The first-order valence-electron chi connectivity index (χ1n) is 6.98. The highest BCUT2D eigenvalue weighted by molar-refractivity contribution is 7.99. The number of aromatic nitrogens is 3. The minimum atomic E-state index is -0.859. The van der Waals surface area contributed by atoms with Crippen molar-refractivity contribution in [3.05, 3.63) is 24.4 Å². The zero-order valence-corrected chi connectivity index (χ0v) is 13.1. The second-order valence-corrected chi connectivity index (χ2v) is 6.09. The van der Waals surface area contributed by atoms with Gasteiger partial charge in [0, 0.05) is 11.9 Å². The summed E-state index contributed by atoms with van der Waals surface area (Å²) in [6.45, 7) is 4.29. The molecular formula is C14H20N4O2S. The number of aliphatic carboxylic acids is 1. The average Bonchev–Trinajstić information content (AvgIpc) is 2.87. The minimum absolute atomic E-state index is 0.583. The van der Waals surface area contributed by atoms with E-state index >= 15 is 0 Å². The van der Waals surface area contributed by atoms with Crippen LogP contribution in [0.1, 0.15) is 26.7 Å². The second kappa shape index (κ2) is 6.91. The van der Waals surface area contributed by atoms with Crippen molar-refractivity contribution in [3.63, 3.8) is 0 Å². The van der Waals surface area contributed by atoms with Gasteiger partial charge in [-0.05, 0) is 38.4 Å². The van der Waals surface area contributed by atoms with Gasteiger partial charge in [0.05, 0.1) is 0 Å². The Morgan fingerprint density at radius 3 is 3.00 bits per heavy atom. The summed E-state index contributed by atoms with van der Waals surface area (Å²) in [6, 6.07) is 5.77. The molecule has 7 heteroatoms. The minimum Gasteiger partial charge on any atom is -0.480 e. The Labute approximate surface area is 128 Å². The molecule has 0 amide bonds. The first-order valence-corrected chi connectivity index (χ1v) is 7.96. The zero-order chi connectivity index (χ0) is 15.3. The van der Waals surface area contributed by atoms with Crippen LogP contribution in [-0.4, -0.2) is 43.5 Å². The summed E-state index contributed by atoms with van der Waals surface area (Å²) in [5, 5.41) is 21.4. The van der Waals surface area contributed by atoms with Crippen molar-refractivity contribution in [2.75, 3.05) is 12.3 Å². The van der Waals surface area contributed by atoms with Crippen LogP contribution in [0.2, 0.25) is 0 Å². The third-order valence-electron chi connectivity index (χ3n) is 3.37.